The molecule has 0 bridgehead atoms. The van der Waals surface area contributed by atoms with E-state index in [1.165, 1.54) is 0 Å². The Kier molecular flexibility index (Phi) is 5.59. The minimum atomic E-state index is -1.49. The zero-order valence-electron chi connectivity index (χ0n) is 14.5. The van der Waals surface area contributed by atoms with Crippen LogP contribution in [0.5, 0.6) is 0 Å². The minimum absolute atomic E-state index is 0.0877. The van der Waals surface area contributed by atoms with Crippen LogP contribution in [0.2, 0.25) is 19.6 Å². The first-order valence-electron chi connectivity index (χ1n) is 8.15. The molecule has 1 aromatic rings. The fourth-order valence-corrected chi connectivity index (χ4v) is 3.27. The van der Waals surface area contributed by atoms with Gasteiger partial charge in [0.25, 0.3) is 0 Å². The van der Waals surface area contributed by atoms with Crippen molar-refractivity contribution in [3.8, 4) is 0 Å². The maximum absolute atomic E-state index is 12.2. The summed E-state index contributed by atoms with van der Waals surface area (Å²) >= 11 is 0. The van der Waals surface area contributed by atoms with E-state index >= 15 is 0 Å². The Labute approximate surface area is 139 Å². The number of nitrogen functional groups attached to an aromatic ring is 1. The van der Waals surface area contributed by atoms with Crippen LogP contribution in [0.1, 0.15) is 25.3 Å². The maximum atomic E-state index is 12.2. The van der Waals surface area contributed by atoms with Gasteiger partial charge in [-0.15, -0.1) is 0 Å². The SMILES string of the molecule is CC1CC(=O)N(CCCO[Si](C)(C)C)N=C1c1ccc(N)cc1. The topological polar surface area (TPSA) is 67.9 Å². The van der Waals surface area contributed by atoms with E-state index in [2.05, 4.69) is 24.7 Å². The van der Waals surface area contributed by atoms with E-state index in [1.807, 2.05) is 31.2 Å². The Hall–Kier alpha value is -1.66. The molecule has 0 saturated heterocycles. The Morgan fingerprint density at radius 3 is 2.57 bits per heavy atom. The van der Waals surface area contributed by atoms with Crippen LogP contribution in [0, 0.1) is 5.92 Å². The summed E-state index contributed by atoms with van der Waals surface area (Å²) in [6, 6.07) is 7.67. The fraction of sp³-hybridized carbons (Fsp3) is 0.529. The van der Waals surface area contributed by atoms with Gasteiger partial charge in [0.1, 0.15) is 0 Å². The molecular formula is C17H27N3O2Si. The number of anilines is 1. The Balaban J connectivity index is 2.04. The highest BCUT2D eigenvalue weighted by molar-refractivity contribution is 6.69. The number of carbonyl (C=O) groups excluding carboxylic acids is 1. The average Bonchev–Trinajstić information content (AvgIpc) is 2.45. The van der Waals surface area contributed by atoms with Crippen molar-refractivity contribution < 1.29 is 9.22 Å². The normalized spacial score (nSPS) is 19.0. The Bertz CT molecular complexity index is 578. The highest BCUT2D eigenvalue weighted by Gasteiger charge is 2.27. The quantitative estimate of drug-likeness (QED) is 0.494. The van der Waals surface area contributed by atoms with Gasteiger partial charge in [0, 0.05) is 31.2 Å². The number of amides is 1. The first-order chi connectivity index (χ1) is 10.8. The third-order valence-electron chi connectivity index (χ3n) is 3.72. The lowest BCUT2D eigenvalue weighted by Crippen LogP contribution is -2.37. The maximum Gasteiger partial charge on any atom is 0.243 e. The zero-order valence-corrected chi connectivity index (χ0v) is 15.5. The van der Waals surface area contributed by atoms with Crippen molar-refractivity contribution in [3.05, 3.63) is 29.8 Å². The van der Waals surface area contributed by atoms with Gasteiger partial charge < -0.3 is 10.2 Å². The standard InChI is InChI=1S/C17H27N3O2Si/c1-13-12-16(21)20(10-5-11-22-23(2,3)4)19-17(13)14-6-8-15(18)9-7-14/h6-9,13H,5,10-12,18H2,1-4H3. The van der Waals surface area contributed by atoms with Crippen LogP contribution in [-0.4, -0.2) is 38.1 Å². The van der Waals surface area contributed by atoms with Crippen molar-refractivity contribution in [2.24, 2.45) is 11.0 Å². The predicted molar refractivity (Wildman–Crippen MR) is 96.8 cm³/mol. The summed E-state index contributed by atoms with van der Waals surface area (Å²) in [5, 5.41) is 6.19. The number of rotatable bonds is 6. The van der Waals surface area contributed by atoms with Crippen LogP contribution in [0.15, 0.2) is 29.4 Å². The van der Waals surface area contributed by atoms with Crippen LogP contribution < -0.4 is 5.73 Å². The summed E-state index contributed by atoms with van der Waals surface area (Å²) < 4.78 is 5.84. The fourth-order valence-electron chi connectivity index (χ4n) is 2.51. The van der Waals surface area contributed by atoms with Gasteiger partial charge in [0.05, 0.1) is 5.71 Å². The molecule has 0 aliphatic carbocycles. The number of benzene rings is 1. The van der Waals surface area contributed by atoms with Gasteiger partial charge in [0.2, 0.25) is 5.91 Å². The molecule has 6 heteroatoms. The van der Waals surface area contributed by atoms with Crippen molar-refractivity contribution in [2.75, 3.05) is 18.9 Å². The van der Waals surface area contributed by atoms with Crippen molar-refractivity contribution >= 4 is 25.6 Å². The summed E-state index contributed by atoms with van der Waals surface area (Å²) in [5.74, 6) is 0.213. The molecule has 1 unspecified atom stereocenters. The van der Waals surface area contributed by atoms with E-state index in [0.29, 0.717) is 19.6 Å². The molecule has 2 N–H and O–H groups in total. The predicted octanol–water partition coefficient (Wildman–Crippen LogP) is 3.08. The van der Waals surface area contributed by atoms with Crippen molar-refractivity contribution in [3.63, 3.8) is 0 Å². The summed E-state index contributed by atoms with van der Waals surface area (Å²) in [4.78, 5) is 12.2. The van der Waals surface area contributed by atoms with E-state index in [-0.39, 0.29) is 11.8 Å². The monoisotopic (exact) mass is 333 g/mol. The van der Waals surface area contributed by atoms with E-state index in [4.69, 9.17) is 10.2 Å². The molecule has 0 spiro atoms. The van der Waals surface area contributed by atoms with Crippen LogP contribution in [0.4, 0.5) is 5.69 Å². The molecular weight excluding hydrogens is 306 g/mol. The van der Waals surface area contributed by atoms with Gasteiger partial charge in [-0.25, -0.2) is 5.01 Å². The first kappa shape index (κ1) is 17.7. The van der Waals surface area contributed by atoms with E-state index in [0.717, 1.165) is 23.4 Å². The molecule has 1 aromatic carbocycles. The number of hydrazone groups is 1. The highest BCUT2D eigenvalue weighted by Crippen LogP contribution is 2.21. The second-order valence-corrected chi connectivity index (χ2v) is 11.6. The van der Waals surface area contributed by atoms with E-state index in [1.54, 1.807) is 5.01 Å². The molecule has 1 heterocycles. The third-order valence-corrected chi connectivity index (χ3v) is 4.79. The smallest absolute Gasteiger partial charge is 0.243 e. The molecule has 1 aliphatic rings. The highest BCUT2D eigenvalue weighted by atomic mass is 28.4. The summed E-state index contributed by atoms with van der Waals surface area (Å²) in [6.45, 7) is 9.82. The Morgan fingerprint density at radius 2 is 1.96 bits per heavy atom. The van der Waals surface area contributed by atoms with Crippen LogP contribution in [0.3, 0.4) is 0 Å². The first-order valence-corrected chi connectivity index (χ1v) is 11.6. The Morgan fingerprint density at radius 1 is 1.30 bits per heavy atom. The molecule has 0 fully saturated rings. The number of hydrogen-bond acceptors (Lipinski definition) is 4. The number of hydrogen-bond donors (Lipinski definition) is 1. The van der Waals surface area contributed by atoms with Gasteiger partial charge in [-0.2, -0.15) is 5.10 Å². The molecule has 126 valence electrons. The van der Waals surface area contributed by atoms with Crippen LogP contribution >= 0.6 is 0 Å². The zero-order chi connectivity index (χ0) is 17.0. The summed E-state index contributed by atoms with van der Waals surface area (Å²) in [5.41, 5.74) is 8.46. The second-order valence-electron chi connectivity index (χ2n) is 7.04. The lowest BCUT2D eigenvalue weighted by Gasteiger charge is -2.28. The van der Waals surface area contributed by atoms with Gasteiger partial charge in [0.15, 0.2) is 8.32 Å². The van der Waals surface area contributed by atoms with Crippen molar-refractivity contribution in [1.82, 2.24) is 5.01 Å². The van der Waals surface area contributed by atoms with Gasteiger partial charge >= 0.3 is 0 Å². The van der Waals surface area contributed by atoms with Gasteiger partial charge in [-0.1, -0.05) is 19.1 Å². The molecule has 1 atom stereocenters. The molecule has 2 rings (SSSR count). The molecule has 0 saturated carbocycles. The van der Waals surface area contributed by atoms with Gasteiger partial charge in [-0.3, -0.25) is 4.79 Å². The van der Waals surface area contributed by atoms with Crippen LogP contribution in [-0.2, 0) is 9.22 Å². The van der Waals surface area contributed by atoms with Crippen LogP contribution in [0.25, 0.3) is 0 Å². The molecule has 1 aliphatic heterocycles. The number of nitrogens with two attached hydrogens (primary N) is 1. The van der Waals surface area contributed by atoms with Crippen molar-refractivity contribution in [1.29, 1.82) is 0 Å². The number of nitrogens with zero attached hydrogens (tertiary/aromatic N) is 2. The average molecular weight is 334 g/mol. The lowest BCUT2D eigenvalue weighted by molar-refractivity contribution is -0.132. The molecule has 1 amide bonds. The lowest BCUT2D eigenvalue weighted by atomic mass is 9.93. The molecule has 0 radical (unpaired) electrons. The minimum Gasteiger partial charge on any atom is -0.418 e. The molecule has 0 aromatic heterocycles. The largest absolute Gasteiger partial charge is 0.418 e. The number of carbonyl (C=O) groups is 1. The van der Waals surface area contributed by atoms with Gasteiger partial charge in [-0.05, 0) is 43.8 Å². The third kappa shape index (κ3) is 5.18. The van der Waals surface area contributed by atoms with E-state index in [9.17, 15) is 4.79 Å². The summed E-state index contributed by atoms with van der Waals surface area (Å²) in [6.07, 6.45) is 1.31. The second kappa shape index (κ2) is 7.27. The van der Waals surface area contributed by atoms with Crippen molar-refractivity contribution in [2.45, 2.75) is 39.4 Å². The van der Waals surface area contributed by atoms with E-state index < -0.39 is 8.32 Å². The molecule has 23 heavy (non-hydrogen) atoms. The summed E-state index contributed by atoms with van der Waals surface area (Å²) in [7, 11) is -1.49. The molecule has 5 nitrogen and oxygen atoms in total.